The standard InChI is InChI=1S/C11H8ClN3O2/c1-7-6-8(4-5-13-7)9-2-3-10(15(16)17)11(12)14-9/h2-6H,1H3. The van der Waals surface area contributed by atoms with Gasteiger partial charge in [-0.2, -0.15) is 0 Å². The highest BCUT2D eigenvalue weighted by molar-refractivity contribution is 6.31. The van der Waals surface area contributed by atoms with Gasteiger partial charge >= 0.3 is 5.69 Å². The van der Waals surface area contributed by atoms with Crippen molar-refractivity contribution in [3.8, 4) is 11.3 Å². The average Bonchev–Trinajstić information content (AvgIpc) is 2.28. The third-order valence-electron chi connectivity index (χ3n) is 2.22. The number of hydrogen-bond acceptors (Lipinski definition) is 4. The molecule has 2 rings (SSSR count). The van der Waals surface area contributed by atoms with E-state index in [1.54, 1.807) is 18.3 Å². The zero-order valence-electron chi connectivity index (χ0n) is 8.92. The minimum atomic E-state index is -0.559. The van der Waals surface area contributed by atoms with Crippen LogP contribution in [0.2, 0.25) is 5.15 Å². The van der Waals surface area contributed by atoms with Gasteiger partial charge in [-0.1, -0.05) is 11.6 Å². The number of rotatable bonds is 2. The van der Waals surface area contributed by atoms with Crippen LogP contribution in [0, 0.1) is 17.0 Å². The van der Waals surface area contributed by atoms with Gasteiger partial charge in [0.1, 0.15) is 0 Å². The van der Waals surface area contributed by atoms with Crippen LogP contribution in [0.3, 0.4) is 0 Å². The Balaban J connectivity index is 2.48. The van der Waals surface area contributed by atoms with Crippen LogP contribution in [0.1, 0.15) is 5.69 Å². The molecular weight excluding hydrogens is 242 g/mol. The first-order chi connectivity index (χ1) is 8.08. The van der Waals surface area contributed by atoms with Crippen LogP contribution in [0.5, 0.6) is 0 Å². The minimum absolute atomic E-state index is 0.109. The van der Waals surface area contributed by atoms with Crippen molar-refractivity contribution in [2.45, 2.75) is 6.92 Å². The maximum absolute atomic E-state index is 10.6. The third kappa shape index (κ3) is 2.39. The number of aryl methyl sites for hydroxylation is 1. The van der Waals surface area contributed by atoms with Crippen LogP contribution >= 0.6 is 11.6 Å². The lowest BCUT2D eigenvalue weighted by molar-refractivity contribution is -0.385. The van der Waals surface area contributed by atoms with Crippen molar-refractivity contribution in [3.63, 3.8) is 0 Å². The van der Waals surface area contributed by atoms with Crippen molar-refractivity contribution in [1.82, 2.24) is 9.97 Å². The van der Waals surface area contributed by atoms with Gasteiger partial charge in [-0.15, -0.1) is 0 Å². The highest BCUT2D eigenvalue weighted by Crippen LogP contribution is 2.26. The number of halogens is 1. The van der Waals surface area contributed by atoms with Gasteiger partial charge in [-0.3, -0.25) is 15.1 Å². The molecule has 0 aliphatic rings. The number of aromatic nitrogens is 2. The second kappa shape index (κ2) is 4.47. The van der Waals surface area contributed by atoms with Crippen LogP contribution in [0.25, 0.3) is 11.3 Å². The summed E-state index contributed by atoms with van der Waals surface area (Å²) in [5.41, 5.74) is 2.07. The Labute approximate surface area is 102 Å². The molecule has 0 fully saturated rings. The van der Waals surface area contributed by atoms with Gasteiger partial charge in [-0.25, -0.2) is 4.98 Å². The molecule has 6 heteroatoms. The first-order valence-electron chi connectivity index (χ1n) is 4.82. The molecule has 17 heavy (non-hydrogen) atoms. The lowest BCUT2D eigenvalue weighted by Gasteiger charge is -2.02. The van der Waals surface area contributed by atoms with Gasteiger partial charge in [0.15, 0.2) is 0 Å². The number of nitrogens with zero attached hydrogens (tertiary/aromatic N) is 3. The van der Waals surface area contributed by atoms with E-state index in [-0.39, 0.29) is 10.8 Å². The molecule has 0 spiro atoms. The Morgan fingerprint density at radius 2 is 2.12 bits per heavy atom. The first-order valence-corrected chi connectivity index (χ1v) is 5.19. The smallest absolute Gasteiger partial charge is 0.262 e. The predicted octanol–water partition coefficient (Wildman–Crippen LogP) is 3.01. The van der Waals surface area contributed by atoms with Crippen molar-refractivity contribution in [2.24, 2.45) is 0 Å². The topological polar surface area (TPSA) is 68.9 Å². The van der Waals surface area contributed by atoms with E-state index in [0.29, 0.717) is 5.69 Å². The lowest BCUT2D eigenvalue weighted by atomic mass is 10.1. The number of hydrogen-bond donors (Lipinski definition) is 0. The number of pyridine rings is 2. The van der Waals surface area contributed by atoms with Crippen LogP contribution in [-0.4, -0.2) is 14.9 Å². The molecule has 86 valence electrons. The van der Waals surface area contributed by atoms with E-state index < -0.39 is 4.92 Å². The molecule has 2 heterocycles. The molecule has 0 unspecified atom stereocenters. The quantitative estimate of drug-likeness (QED) is 0.466. The molecule has 0 bridgehead atoms. The molecule has 0 amide bonds. The summed E-state index contributed by atoms with van der Waals surface area (Å²) < 4.78 is 0. The Morgan fingerprint density at radius 3 is 2.71 bits per heavy atom. The molecular formula is C11H8ClN3O2. The van der Waals surface area contributed by atoms with Crippen LogP contribution in [-0.2, 0) is 0 Å². The normalized spacial score (nSPS) is 10.2. The van der Waals surface area contributed by atoms with E-state index in [0.717, 1.165) is 11.3 Å². The molecule has 0 aromatic carbocycles. The molecule has 0 aliphatic heterocycles. The maximum Gasteiger partial charge on any atom is 0.306 e. The molecule has 2 aromatic rings. The first kappa shape index (κ1) is 11.5. The minimum Gasteiger partial charge on any atom is -0.262 e. The summed E-state index contributed by atoms with van der Waals surface area (Å²) in [4.78, 5) is 18.1. The Kier molecular flexibility index (Phi) is 3.01. The molecule has 0 N–H and O–H groups in total. The summed E-state index contributed by atoms with van der Waals surface area (Å²) in [6.45, 7) is 1.86. The Hall–Kier alpha value is -2.01. The van der Waals surface area contributed by atoms with E-state index in [4.69, 9.17) is 11.6 Å². The molecule has 0 aliphatic carbocycles. The molecule has 5 nitrogen and oxygen atoms in total. The third-order valence-corrected chi connectivity index (χ3v) is 2.50. The van der Waals surface area contributed by atoms with Gasteiger partial charge in [0.2, 0.25) is 5.15 Å². The fourth-order valence-corrected chi connectivity index (χ4v) is 1.65. The van der Waals surface area contributed by atoms with Gasteiger partial charge in [0.25, 0.3) is 0 Å². The summed E-state index contributed by atoms with van der Waals surface area (Å²) in [5, 5.41) is 10.5. The SMILES string of the molecule is Cc1cc(-c2ccc([N+](=O)[O-])c(Cl)n2)ccn1. The van der Waals surface area contributed by atoms with Crippen molar-refractivity contribution < 1.29 is 4.92 Å². The van der Waals surface area contributed by atoms with Gasteiger partial charge in [0.05, 0.1) is 10.6 Å². The van der Waals surface area contributed by atoms with Gasteiger partial charge in [-0.05, 0) is 25.1 Å². The summed E-state index contributed by atoms with van der Waals surface area (Å²) in [6, 6.07) is 6.53. The maximum atomic E-state index is 10.6. The van der Waals surface area contributed by atoms with Crippen molar-refractivity contribution in [2.75, 3.05) is 0 Å². The van der Waals surface area contributed by atoms with Crippen LogP contribution in [0.15, 0.2) is 30.5 Å². The van der Waals surface area contributed by atoms with E-state index in [9.17, 15) is 10.1 Å². The highest BCUT2D eigenvalue weighted by Gasteiger charge is 2.14. The largest absolute Gasteiger partial charge is 0.306 e. The van der Waals surface area contributed by atoms with E-state index in [1.165, 1.54) is 6.07 Å². The zero-order valence-corrected chi connectivity index (χ0v) is 9.68. The predicted molar refractivity (Wildman–Crippen MR) is 63.9 cm³/mol. The lowest BCUT2D eigenvalue weighted by Crippen LogP contribution is -1.93. The fourth-order valence-electron chi connectivity index (χ4n) is 1.43. The van der Waals surface area contributed by atoms with E-state index >= 15 is 0 Å². The van der Waals surface area contributed by atoms with Crippen molar-refractivity contribution in [1.29, 1.82) is 0 Å². The monoisotopic (exact) mass is 249 g/mol. The highest BCUT2D eigenvalue weighted by atomic mass is 35.5. The average molecular weight is 250 g/mol. The Morgan fingerprint density at radius 1 is 1.35 bits per heavy atom. The second-order valence-electron chi connectivity index (χ2n) is 3.45. The Bertz CT molecular complexity index is 587. The summed E-state index contributed by atoms with van der Waals surface area (Å²) in [6.07, 6.45) is 1.65. The molecule has 0 atom stereocenters. The molecule has 2 aromatic heterocycles. The van der Waals surface area contributed by atoms with Crippen LogP contribution in [0.4, 0.5) is 5.69 Å². The van der Waals surface area contributed by atoms with Crippen molar-refractivity contribution >= 4 is 17.3 Å². The van der Waals surface area contributed by atoms with E-state index in [2.05, 4.69) is 9.97 Å². The number of nitro groups is 1. The van der Waals surface area contributed by atoms with E-state index in [1.807, 2.05) is 13.0 Å². The van der Waals surface area contributed by atoms with Gasteiger partial charge < -0.3 is 0 Å². The van der Waals surface area contributed by atoms with Gasteiger partial charge in [0, 0.05) is 23.5 Å². The summed E-state index contributed by atoms with van der Waals surface area (Å²) in [5.74, 6) is 0. The molecule has 0 saturated carbocycles. The van der Waals surface area contributed by atoms with Crippen molar-refractivity contribution in [3.05, 3.63) is 51.4 Å². The second-order valence-corrected chi connectivity index (χ2v) is 3.81. The summed E-state index contributed by atoms with van der Waals surface area (Å²) in [7, 11) is 0. The fraction of sp³-hybridized carbons (Fsp3) is 0.0909. The zero-order chi connectivity index (χ0) is 12.4. The summed E-state index contributed by atoms with van der Waals surface area (Å²) >= 11 is 5.75. The van der Waals surface area contributed by atoms with Crippen LogP contribution < -0.4 is 0 Å². The molecule has 0 radical (unpaired) electrons. The molecule has 0 saturated heterocycles.